The third-order valence-electron chi connectivity index (χ3n) is 2.38. The van der Waals surface area contributed by atoms with E-state index in [4.69, 9.17) is 0 Å². The van der Waals surface area contributed by atoms with Gasteiger partial charge in [-0.15, -0.1) is 0 Å². The van der Waals surface area contributed by atoms with Gasteiger partial charge in [0.1, 0.15) is 6.33 Å². The van der Waals surface area contributed by atoms with E-state index in [2.05, 4.69) is 20.5 Å². The van der Waals surface area contributed by atoms with E-state index in [1.54, 1.807) is 0 Å². The van der Waals surface area contributed by atoms with Gasteiger partial charge in [0.2, 0.25) is 11.9 Å². The molecule has 0 bridgehead atoms. The zero-order valence-electron chi connectivity index (χ0n) is 7.29. The minimum absolute atomic E-state index is 0.0641. The first-order valence-corrected chi connectivity index (χ1v) is 4.52. The molecule has 1 aliphatic carbocycles. The minimum Gasteiger partial charge on any atom is -0.295 e. The van der Waals surface area contributed by atoms with E-state index in [0.717, 1.165) is 25.7 Å². The summed E-state index contributed by atoms with van der Waals surface area (Å²) in [4.78, 5) is 15.3. The second-order valence-corrected chi connectivity index (χ2v) is 3.30. The molecule has 2 N–H and O–H groups in total. The Hall–Kier alpha value is -1.39. The molecule has 70 valence electrons. The number of aromatic amines is 1. The van der Waals surface area contributed by atoms with Crippen molar-refractivity contribution < 1.29 is 4.79 Å². The second-order valence-electron chi connectivity index (χ2n) is 3.30. The summed E-state index contributed by atoms with van der Waals surface area (Å²) in [5.74, 6) is 0.677. The topological polar surface area (TPSA) is 70.7 Å². The molecule has 1 fully saturated rings. The van der Waals surface area contributed by atoms with Gasteiger partial charge in [0.05, 0.1) is 0 Å². The zero-order chi connectivity index (χ0) is 9.10. The summed E-state index contributed by atoms with van der Waals surface area (Å²) in [5, 5.41) is 8.95. The standard InChI is InChI=1S/C8H12N4O/c13-7(6-3-1-2-4-6)11-8-9-5-10-12-8/h5-6H,1-4H2,(H2,9,10,11,12,13). The molecule has 1 aromatic rings. The van der Waals surface area contributed by atoms with Crippen LogP contribution in [0, 0.1) is 5.92 Å². The van der Waals surface area contributed by atoms with Gasteiger partial charge in [0.25, 0.3) is 0 Å². The van der Waals surface area contributed by atoms with E-state index in [0.29, 0.717) is 5.95 Å². The maximum absolute atomic E-state index is 11.5. The van der Waals surface area contributed by atoms with Crippen LogP contribution in [0.3, 0.4) is 0 Å². The van der Waals surface area contributed by atoms with Crippen LogP contribution in [0.2, 0.25) is 0 Å². The fourth-order valence-corrected chi connectivity index (χ4v) is 1.67. The Morgan fingerprint density at radius 2 is 2.31 bits per heavy atom. The monoisotopic (exact) mass is 180 g/mol. The lowest BCUT2D eigenvalue weighted by atomic mass is 10.1. The average Bonchev–Trinajstić information content (AvgIpc) is 2.74. The number of amides is 1. The molecule has 0 aromatic carbocycles. The number of nitrogens with one attached hydrogen (secondary N) is 2. The zero-order valence-corrected chi connectivity index (χ0v) is 7.29. The van der Waals surface area contributed by atoms with Crippen molar-refractivity contribution in [3.8, 4) is 0 Å². The Morgan fingerprint density at radius 3 is 2.92 bits per heavy atom. The van der Waals surface area contributed by atoms with Crippen LogP contribution in [0.5, 0.6) is 0 Å². The summed E-state index contributed by atoms with van der Waals surface area (Å²) in [7, 11) is 0. The fraction of sp³-hybridized carbons (Fsp3) is 0.625. The van der Waals surface area contributed by atoms with Crippen LogP contribution in [0.15, 0.2) is 6.33 Å². The number of carbonyl (C=O) groups is 1. The summed E-state index contributed by atoms with van der Waals surface area (Å²) in [6.45, 7) is 0. The number of aromatic nitrogens is 3. The van der Waals surface area contributed by atoms with Gasteiger partial charge >= 0.3 is 0 Å². The van der Waals surface area contributed by atoms with Crippen molar-refractivity contribution in [2.75, 3.05) is 5.32 Å². The molecule has 0 radical (unpaired) electrons. The van der Waals surface area contributed by atoms with Gasteiger partial charge in [0, 0.05) is 5.92 Å². The van der Waals surface area contributed by atoms with Gasteiger partial charge in [0.15, 0.2) is 0 Å². The molecule has 5 heteroatoms. The van der Waals surface area contributed by atoms with Gasteiger partial charge in [-0.05, 0) is 12.8 Å². The third kappa shape index (κ3) is 1.85. The molecule has 5 nitrogen and oxygen atoms in total. The largest absolute Gasteiger partial charge is 0.295 e. The van der Waals surface area contributed by atoms with Crippen LogP contribution in [0.4, 0.5) is 5.95 Å². The molecule has 1 aliphatic rings. The van der Waals surface area contributed by atoms with E-state index >= 15 is 0 Å². The van der Waals surface area contributed by atoms with E-state index in [9.17, 15) is 4.79 Å². The van der Waals surface area contributed by atoms with Crippen molar-refractivity contribution in [2.45, 2.75) is 25.7 Å². The van der Waals surface area contributed by atoms with Crippen molar-refractivity contribution in [3.63, 3.8) is 0 Å². The summed E-state index contributed by atoms with van der Waals surface area (Å²) < 4.78 is 0. The number of anilines is 1. The molecule has 0 saturated heterocycles. The lowest BCUT2D eigenvalue weighted by molar-refractivity contribution is -0.119. The Morgan fingerprint density at radius 1 is 1.54 bits per heavy atom. The Kier molecular flexibility index (Phi) is 2.25. The summed E-state index contributed by atoms with van der Waals surface area (Å²) >= 11 is 0. The van der Waals surface area contributed by atoms with E-state index in [1.165, 1.54) is 6.33 Å². The Labute approximate surface area is 75.9 Å². The molecule has 13 heavy (non-hydrogen) atoms. The highest BCUT2D eigenvalue weighted by Gasteiger charge is 2.22. The summed E-state index contributed by atoms with van der Waals surface area (Å²) in [6.07, 6.45) is 5.70. The number of carbonyl (C=O) groups excluding carboxylic acids is 1. The van der Waals surface area contributed by atoms with E-state index in [-0.39, 0.29) is 11.8 Å². The lowest BCUT2D eigenvalue weighted by Crippen LogP contribution is -2.20. The minimum atomic E-state index is 0.0641. The number of hydrogen-bond acceptors (Lipinski definition) is 3. The predicted octanol–water partition coefficient (Wildman–Crippen LogP) is 0.933. The van der Waals surface area contributed by atoms with Crippen LogP contribution in [-0.4, -0.2) is 21.1 Å². The molecule has 1 amide bonds. The van der Waals surface area contributed by atoms with Gasteiger partial charge in [-0.2, -0.15) is 10.1 Å². The smallest absolute Gasteiger partial charge is 0.229 e. The van der Waals surface area contributed by atoms with Gasteiger partial charge < -0.3 is 0 Å². The van der Waals surface area contributed by atoms with Crippen LogP contribution in [0.1, 0.15) is 25.7 Å². The van der Waals surface area contributed by atoms with Crippen molar-refractivity contribution >= 4 is 11.9 Å². The third-order valence-corrected chi connectivity index (χ3v) is 2.38. The molecule has 1 saturated carbocycles. The molecular weight excluding hydrogens is 168 g/mol. The van der Waals surface area contributed by atoms with E-state index in [1.807, 2.05) is 0 Å². The summed E-state index contributed by atoms with van der Waals surface area (Å²) in [5.41, 5.74) is 0. The van der Waals surface area contributed by atoms with Crippen LogP contribution in [0.25, 0.3) is 0 Å². The maximum Gasteiger partial charge on any atom is 0.229 e. The number of rotatable bonds is 2. The highest BCUT2D eigenvalue weighted by atomic mass is 16.2. The Bertz CT molecular complexity index is 276. The van der Waals surface area contributed by atoms with Crippen LogP contribution >= 0.6 is 0 Å². The first-order chi connectivity index (χ1) is 6.36. The maximum atomic E-state index is 11.5. The first kappa shape index (κ1) is 8.22. The first-order valence-electron chi connectivity index (χ1n) is 4.52. The number of nitrogens with zero attached hydrogens (tertiary/aromatic N) is 2. The normalized spacial score (nSPS) is 17.5. The molecule has 0 spiro atoms. The van der Waals surface area contributed by atoms with Crippen molar-refractivity contribution in [2.24, 2.45) is 5.92 Å². The fourth-order valence-electron chi connectivity index (χ4n) is 1.67. The highest BCUT2D eigenvalue weighted by Crippen LogP contribution is 2.25. The number of hydrogen-bond donors (Lipinski definition) is 2. The molecule has 0 unspecified atom stereocenters. The van der Waals surface area contributed by atoms with Gasteiger partial charge in [-0.25, -0.2) is 5.10 Å². The van der Waals surface area contributed by atoms with Crippen molar-refractivity contribution in [3.05, 3.63) is 6.33 Å². The summed E-state index contributed by atoms with van der Waals surface area (Å²) in [6, 6.07) is 0. The predicted molar refractivity (Wildman–Crippen MR) is 47.0 cm³/mol. The SMILES string of the molecule is O=C(Nc1ncn[nH]1)C1CCCC1. The molecule has 1 heterocycles. The molecule has 0 aliphatic heterocycles. The molecule has 1 aromatic heterocycles. The number of H-pyrrole nitrogens is 1. The van der Waals surface area contributed by atoms with Gasteiger partial charge in [-0.1, -0.05) is 12.8 Å². The average molecular weight is 180 g/mol. The second kappa shape index (κ2) is 3.55. The molecular formula is C8H12N4O. The van der Waals surface area contributed by atoms with Gasteiger partial charge in [-0.3, -0.25) is 10.1 Å². The van der Waals surface area contributed by atoms with Crippen molar-refractivity contribution in [1.29, 1.82) is 0 Å². The lowest BCUT2D eigenvalue weighted by Gasteiger charge is -2.06. The molecule has 0 atom stereocenters. The molecule has 2 rings (SSSR count). The quantitative estimate of drug-likeness (QED) is 0.711. The van der Waals surface area contributed by atoms with Crippen LogP contribution < -0.4 is 5.32 Å². The van der Waals surface area contributed by atoms with Crippen LogP contribution in [-0.2, 0) is 4.79 Å². The van der Waals surface area contributed by atoms with E-state index < -0.39 is 0 Å². The Balaban J connectivity index is 1.91. The highest BCUT2D eigenvalue weighted by molar-refractivity contribution is 5.90. The van der Waals surface area contributed by atoms with Crippen molar-refractivity contribution in [1.82, 2.24) is 15.2 Å².